The van der Waals surface area contributed by atoms with E-state index in [-0.39, 0.29) is 0 Å². The number of esters is 2. The van der Waals surface area contributed by atoms with Crippen molar-refractivity contribution in [3.63, 3.8) is 0 Å². The maximum atomic E-state index is 12.2. The summed E-state index contributed by atoms with van der Waals surface area (Å²) in [5.41, 5.74) is 1.82. The van der Waals surface area contributed by atoms with Gasteiger partial charge in [0.2, 0.25) is 0 Å². The van der Waals surface area contributed by atoms with E-state index in [1.807, 2.05) is 72.8 Å². The van der Waals surface area contributed by atoms with Gasteiger partial charge in [0.25, 0.3) is 0 Å². The molecule has 2 aromatic rings. The minimum Gasteiger partial charge on any atom is -0.468 e. The number of hydrogen-bond acceptors (Lipinski definition) is 4. The fourth-order valence-electron chi connectivity index (χ4n) is 2.51. The first-order valence-electron chi connectivity index (χ1n) is 7.61. The van der Waals surface area contributed by atoms with Crippen LogP contribution in [-0.4, -0.2) is 26.2 Å². The van der Waals surface area contributed by atoms with Gasteiger partial charge in [0, 0.05) is 5.92 Å². The number of rotatable bonds is 6. The molecule has 0 saturated carbocycles. The van der Waals surface area contributed by atoms with Gasteiger partial charge in [0.05, 0.1) is 14.2 Å². The molecule has 0 N–H and O–H groups in total. The summed E-state index contributed by atoms with van der Waals surface area (Å²) < 4.78 is 9.63. The van der Waals surface area contributed by atoms with Crippen LogP contribution in [0.1, 0.15) is 17.0 Å². The van der Waals surface area contributed by atoms with Gasteiger partial charge in [-0.05, 0) is 11.1 Å². The van der Waals surface area contributed by atoms with Gasteiger partial charge in [-0.2, -0.15) is 0 Å². The number of allylic oxidation sites excluding steroid dienone is 1. The van der Waals surface area contributed by atoms with E-state index in [0.29, 0.717) is 0 Å². The molecule has 0 bridgehead atoms. The van der Waals surface area contributed by atoms with Crippen LogP contribution in [0.2, 0.25) is 0 Å². The summed E-state index contributed by atoms with van der Waals surface area (Å²) in [5, 5.41) is 0. The van der Waals surface area contributed by atoms with Gasteiger partial charge in [0.15, 0.2) is 5.92 Å². The molecular weight excluding hydrogens is 304 g/mol. The van der Waals surface area contributed by atoms with Crippen molar-refractivity contribution in [1.82, 2.24) is 0 Å². The predicted octanol–water partition coefficient (Wildman–Crippen LogP) is 3.45. The minimum absolute atomic E-state index is 0.480. The Hall–Kier alpha value is -2.88. The predicted molar refractivity (Wildman–Crippen MR) is 92.2 cm³/mol. The largest absolute Gasteiger partial charge is 0.468 e. The van der Waals surface area contributed by atoms with Crippen molar-refractivity contribution < 1.29 is 19.1 Å². The molecule has 0 aromatic heterocycles. The highest BCUT2D eigenvalue weighted by Gasteiger charge is 2.36. The second kappa shape index (κ2) is 8.67. The molecule has 1 atom stereocenters. The maximum Gasteiger partial charge on any atom is 0.321 e. The molecule has 24 heavy (non-hydrogen) atoms. The molecule has 0 aliphatic carbocycles. The Bertz CT molecular complexity index is 676. The summed E-state index contributed by atoms with van der Waals surface area (Å²) in [6, 6.07) is 19.0. The number of carbonyl (C=O) groups is 2. The molecule has 0 saturated heterocycles. The van der Waals surface area contributed by atoms with Crippen LogP contribution in [0.4, 0.5) is 0 Å². The van der Waals surface area contributed by atoms with Crippen LogP contribution in [0.25, 0.3) is 6.08 Å². The minimum atomic E-state index is -1.05. The van der Waals surface area contributed by atoms with Crippen molar-refractivity contribution >= 4 is 18.0 Å². The fraction of sp³-hybridized carbons (Fsp3) is 0.200. The smallest absolute Gasteiger partial charge is 0.321 e. The van der Waals surface area contributed by atoms with Gasteiger partial charge in [-0.1, -0.05) is 72.8 Å². The van der Waals surface area contributed by atoms with Crippen molar-refractivity contribution in [2.45, 2.75) is 5.92 Å². The number of hydrogen-bond donors (Lipinski definition) is 0. The highest BCUT2D eigenvalue weighted by atomic mass is 16.5. The van der Waals surface area contributed by atoms with Crippen LogP contribution in [0.5, 0.6) is 0 Å². The topological polar surface area (TPSA) is 52.6 Å². The van der Waals surface area contributed by atoms with Gasteiger partial charge >= 0.3 is 11.9 Å². The molecule has 1 unspecified atom stereocenters. The van der Waals surface area contributed by atoms with Gasteiger partial charge in [0.1, 0.15) is 0 Å². The lowest BCUT2D eigenvalue weighted by molar-refractivity contribution is -0.159. The third-order valence-corrected chi connectivity index (χ3v) is 3.75. The lowest BCUT2D eigenvalue weighted by Gasteiger charge is -2.21. The van der Waals surface area contributed by atoms with Gasteiger partial charge in [-0.25, -0.2) is 0 Å². The van der Waals surface area contributed by atoms with Gasteiger partial charge < -0.3 is 9.47 Å². The van der Waals surface area contributed by atoms with Crippen LogP contribution in [0.15, 0.2) is 66.7 Å². The quantitative estimate of drug-likeness (QED) is 0.603. The van der Waals surface area contributed by atoms with Crippen LogP contribution in [-0.2, 0) is 19.1 Å². The third kappa shape index (κ3) is 4.32. The van der Waals surface area contributed by atoms with E-state index in [1.165, 1.54) is 14.2 Å². The molecule has 0 radical (unpaired) electrons. The Morgan fingerprint density at radius 1 is 0.833 bits per heavy atom. The van der Waals surface area contributed by atoms with E-state index in [4.69, 9.17) is 9.47 Å². The Morgan fingerprint density at radius 3 is 1.83 bits per heavy atom. The van der Waals surface area contributed by atoms with Crippen molar-refractivity contribution in [3.8, 4) is 0 Å². The Kier molecular flexibility index (Phi) is 6.32. The highest BCUT2D eigenvalue weighted by Crippen LogP contribution is 2.29. The first-order valence-corrected chi connectivity index (χ1v) is 7.61. The zero-order valence-corrected chi connectivity index (χ0v) is 13.7. The average molecular weight is 324 g/mol. The third-order valence-electron chi connectivity index (χ3n) is 3.75. The van der Waals surface area contributed by atoms with E-state index in [1.54, 1.807) is 0 Å². The van der Waals surface area contributed by atoms with Crippen molar-refractivity contribution in [2.75, 3.05) is 14.2 Å². The summed E-state index contributed by atoms with van der Waals surface area (Å²) in [5.74, 6) is -2.77. The lowest BCUT2D eigenvalue weighted by Crippen LogP contribution is -2.31. The summed E-state index contributed by atoms with van der Waals surface area (Å²) in [4.78, 5) is 24.4. The molecule has 2 rings (SSSR count). The molecule has 124 valence electrons. The standard InChI is InChI=1S/C20H20O4/c1-23-19(21)18(20(22)24-2)17(16-11-7-4-8-12-16)14-13-15-9-5-3-6-10-15/h3-14,17-18H,1-2H3. The summed E-state index contributed by atoms with van der Waals surface area (Å²) in [6.07, 6.45) is 3.72. The Morgan fingerprint density at radius 2 is 1.33 bits per heavy atom. The number of benzene rings is 2. The molecule has 4 heteroatoms. The summed E-state index contributed by atoms with van der Waals surface area (Å²) >= 11 is 0. The summed E-state index contributed by atoms with van der Waals surface area (Å²) in [7, 11) is 2.53. The Balaban J connectivity index is 2.43. The molecule has 0 spiro atoms. The molecule has 0 aliphatic rings. The second-order valence-corrected chi connectivity index (χ2v) is 5.23. The molecule has 0 amide bonds. The molecule has 4 nitrogen and oxygen atoms in total. The van der Waals surface area contributed by atoms with Crippen molar-refractivity contribution in [3.05, 3.63) is 77.9 Å². The fourth-order valence-corrected chi connectivity index (χ4v) is 2.51. The van der Waals surface area contributed by atoms with E-state index < -0.39 is 23.8 Å². The monoisotopic (exact) mass is 324 g/mol. The van der Waals surface area contributed by atoms with Gasteiger partial charge in [-0.3, -0.25) is 9.59 Å². The first-order chi connectivity index (χ1) is 11.7. The van der Waals surface area contributed by atoms with E-state index >= 15 is 0 Å². The zero-order chi connectivity index (χ0) is 17.4. The Labute approximate surface area is 141 Å². The van der Waals surface area contributed by atoms with E-state index in [0.717, 1.165) is 11.1 Å². The molecule has 0 fully saturated rings. The number of ether oxygens (including phenoxy) is 2. The number of carbonyl (C=O) groups excluding carboxylic acids is 2. The normalized spacial score (nSPS) is 12.1. The van der Waals surface area contributed by atoms with Gasteiger partial charge in [-0.15, -0.1) is 0 Å². The maximum absolute atomic E-state index is 12.2. The number of methoxy groups -OCH3 is 2. The molecule has 0 heterocycles. The first kappa shape index (κ1) is 17.5. The lowest BCUT2D eigenvalue weighted by atomic mass is 9.85. The van der Waals surface area contributed by atoms with E-state index in [9.17, 15) is 9.59 Å². The van der Waals surface area contributed by atoms with Crippen LogP contribution in [0, 0.1) is 5.92 Å². The molecular formula is C20H20O4. The average Bonchev–Trinajstić information content (AvgIpc) is 2.65. The second-order valence-electron chi connectivity index (χ2n) is 5.23. The van der Waals surface area contributed by atoms with E-state index in [2.05, 4.69) is 0 Å². The summed E-state index contributed by atoms with van der Waals surface area (Å²) in [6.45, 7) is 0. The highest BCUT2D eigenvalue weighted by molar-refractivity contribution is 5.96. The molecule has 2 aromatic carbocycles. The van der Waals surface area contributed by atoms with Crippen molar-refractivity contribution in [2.24, 2.45) is 5.92 Å². The van der Waals surface area contributed by atoms with Crippen LogP contribution < -0.4 is 0 Å². The SMILES string of the molecule is COC(=O)C(C(=O)OC)C(C=Cc1ccccc1)c1ccccc1. The van der Waals surface area contributed by atoms with Crippen LogP contribution in [0.3, 0.4) is 0 Å². The zero-order valence-electron chi connectivity index (χ0n) is 13.7. The van der Waals surface area contributed by atoms with Crippen LogP contribution >= 0.6 is 0 Å². The molecule has 0 aliphatic heterocycles. The van der Waals surface area contributed by atoms with Crippen molar-refractivity contribution in [1.29, 1.82) is 0 Å².